The minimum absolute atomic E-state index is 0.215. The zero-order valence-corrected chi connectivity index (χ0v) is 13.9. The number of carbonyl (C=O) groups is 1. The number of rotatable bonds is 9. The summed E-state index contributed by atoms with van der Waals surface area (Å²) in [6, 6.07) is 18.0. The summed E-state index contributed by atoms with van der Waals surface area (Å²) in [7, 11) is 0. The van der Waals surface area contributed by atoms with Crippen molar-refractivity contribution in [1.82, 2.24) is 0 Å². The van der Waals surface area contributed by atoms with Gasteiger partial charge in [-0.15, -0.1) is 0 Å². The van der Waals surface area contributed by atoms with Gasteiger partial charge in [-0.2, -0.15) is 0 Å². The van der Waals surface area contributed by atoms with Crippen molar-refractivity contribution in [3.63, 3.8) is 0 Å². The Morgan fingerprint density at radius 3 is 2.33 bits per heavy atom. The van der Waals surface area contributed by atoms with E-state index in [0.29, 0.717) is 25.4 Å². The molecule has 0 aromatic heterocycles. The lowest BCUT2D eigenvalue weighted by atomic mass is 10.1. The first kappa shape index (κ1) is 17.8. The van der Waals surface area contributed by atoms with Crippen LogP contribution in [-0.4, -0.2) is 32.4 Å². The highest BCUT2D eigenvalue weighted by molar-refractivity contribution is 5.86. The van der Waals surface area contributed by atoms with Crippen molar-refractivity contribution in [2.75, 3.05) is 26.4 Å². The molecule has 0 amide bonds. The van der Waals surface area contributed by atoms with E-state index in [2.05, 4.69) is 18.7 Å². The second kappa shape index (κ2) is 9.53. The lowest BCUT2D eigenvalue weighted by Gasteiger charge is -2.12. The van der Waals surface area contributed by atoms with Gasteiger partial charge in [0.15, 0.2) is 0 Å². The predicted octanol–water partition coefficient (Wildman–Crippen LogP) is 3.87. The molecule has 0 saturated heterocycles. The first-order valence-corrected chi connectivity index (χ1v) is 7.86. The van der Waals surface area contributed by atoms with Gasteiger partial charge >= 0.3 is 5.97 Å². The number of benzene rings is 2. The number of hydrogen-bond acceptors (Lipinski definition) is 4. The van der Waals surface area contributed by atoms with Crippen LogP contribution >= 0.6 is 0 Å². The lowest BCUT2D eigenvalue weighted by Crippen LogP contribution is -2.14. The zero-order valence-electron chi connectivity index (χ0n) is 13.9. The van der Waals surface area contributed by atoms with E-state index < -0.39 is 5.97 Å². The van der Waals surface area contributed by atoms with E-state index in [1.165, 1.54) is 0 Å². The third kappa shape index (κ3) is 5.56. The van der Waals surface area contributed by atoms with Gasteiger partial charge in [-0.05, 0) is 18.6 Å². The highest BCUT2D eigenvalue weighted by Crippen LogP contribution is 2.29. The molecule has 0 radical (unpaired) electrons. The Morgan fingerprint density at radius 1 is 0.917 bits per heavy atom. The van der Waals surface area contributed by atoms with Crippen LogP contribution in [0, 0.1) is 0 Å². The number of hydrogen-bond donors (Lipinski definition) is 0. The van der Waals surface area contributed by atoms with Crippen LogP contribution in [0.1, 0.15) is 6.92 Å². The van der Waals surface area contributed by atoms with Crippen LogP contribution in [0.3, 0.4) is 0 Å². The Hall–Kier alpha value is -2.59. The molecule has 0 aliphatic heterocycles. The summed E-state index contributed by atoms with van der Waals surface area (Å²) < 4.78 is 16.2. The van der Waals surface area contributed by atoms with E-state index >= 15 is 0 Å². The van der Waals surface area contributed by atoms with Crippen molar-refractivity contribution in [2.45, 2.75) is 6.92 Å². The van der Waals surface area contributed by atoms with Crippen molar-refractivity contribution in [1.29, 1.82) is 0 Å². The van der Waals surface area contributed by atoms with Crippen LogP contribution in [0.25, 0.3) is 11.1 Å². The maximum absolute atomic E-state index is 11.2. The molecule has 4 heteroatoms. The Balaban J connectivity index is 1.74. The number of ether oxygens (including phenoxy) is 3. The highest BCUT2D eigenvalue weighted by atomic mass is 16.6. The first-order chi connectivity index (χ1) is 11.7. The molecule has 0 atom stereocenters. The van der Waals surface area contributed by atoms with Crippen LogP contribution in [0.5, 0.6) is 5.75 Å². The van der Waals surface area contributed by atoms with E-state index in [1.807, 2.05) is 42.5 Å². The van der Waals surface area contributed by atoms with Crippen molar-refractivity contribution in [2.24, 2.45) is 0 Å². The van der Waals surface area contributed by atoms with E-state index in [0.717, 1.165) is 16.9 Å². The van der Waals surface area contributed by atoms with Crippen molar-refractivity contribution in [3.8, 4) is 16.9 Å². The molecule has 4 nitrogen and oxygen atoms in total. The van der Waals surface area contributed by atoms with Gasteiger partial charge in [0.05, 0.1) is 13.2 Å². The largest absolute Gasteiger partial charge is 0.491 e. The second-order valence-corrected chi connectivity index (χ2v) is 5.24. The van der Waals surface area contributed by atoms with Gasteiger partial charge in [-0.25, -0.2) is 4.79 Å². The molecule has 2 aromatic rings. The summed E-state index contributed by atoms with van der Waals surface area (Å²) in [4.78, 5) is 11.2. The van der Waals surface area contributed by atoms with Crippen molar-refractivity contribution in [3.05, 3.63) is 66.7 Å². The molecule has 0 bridgehead atoms. The third-order valence-electron chi connectivity index (χ3n) is 3.27. The van der Waals surface area contributed by atoms with E-state index in [9.17, 15) is 4.79 Å². The molecule has 0 saturated carbocycles. The molecule has 0 heterocycles. The molecule has 0 N–H and O–H groups in total. The molecule has 126 valence electrons. The summed E-state index contributed by atoms with van der Waals surface area (Å²) >= 11 is 0. The quantitative estimate of drug-likeness (QED) is 0.399. The van der Waals surface area contributed by atoms with Crippen LogP contribution in [0.4, 0.5) is 0 Å². The smallest absolute Gasteiger partial charge is 0.333 e. The fourth-order valence-electron chi connectivity index (χ4n) is 2.08. The fourth-order valence-corrected chi connectivity index (χ4v) is 2.08. The third-order valence-corrected chi connectivity index (χ3v) is 3.27. The first-order valence-electron chi connectivity index (χ1n) is 7.86. The zero-order chi connectivity index (χ0) is 17.2. The second-order valence-electron chi connectivity index (χ2n) is 5.24. The lowest BCUT2D eigenvalue weighted by molar-refractivity contribution is -0.140. The highest BCUT2D eigenvalue weighted by Gasteiger charge is 2.05. The van der Waals surface area contributed by atoms with Gasteiger partial charge in [0.25, 0.3) is 0 Å². The minimum atomic E-state index is -0.397. The fraction of sp³-hybridized carbons (Fsp3) is 0.250. The maximum atomic E-state index is 11.2. The van der Waals surface area contributed by atoms with Gasteiger partial charge in [-0.1, -0.05) is 55.1 Å². The molecule has 0 unspecified atom stereocenters. The molecule has 24 heavy (non-hydrogen) atoms. The summed E-state index contributed by atoms with van der Waals surface area (Å²) in [5.41, 5.74) is 2.55. The van der Waals surface area contributed by atoms with Gasteiger partial charge in [0, 0.05) is 11.1 Å². The molecular formula is C20H22O4. The van der Waals surface area contributed by atoms with E-state index in [4.69, 9.17) is 14.2 Å². The Kier molecular flexibility index (Phi) is 7.05. The van der Waals surface area contributed by atoms with Crippen LogP contribution in [0.2, 0.25) is 0 Å². The summed E-state index contributed by atoms with van der Waals surface area (Å²) in [6.45, 7) is 6.53. The number of para-hydroxylation sites is 1. The normalized spacial score (nSPS) is 10.2. The molecule has 0 aliphatic carbocycles. The summed E-state index contributed by atoms with van der Waals surface area (Å²) in [6.07, 6.45) is 0. The van der Waals surface area contributed by atoms with Crippen LogP contribution in [-0.2, 0) is 14.3 Å². The standard InChI is InChI=1S/C20H22O4/c1-16(2)20(21)24-15-13-22-12-14-23-19-11-7-6-10-18(19)17-8-4-3-5-9-17/h3-11H,1,12-15H2,2H3. The van der Waals surface area contributed by atoms with Crippen molar-refractivity contribution < 1.29 is 19.0 Å². The molecule has 2 aromatic carbocycles. The van der Waals surface area contributed by atoms with Gasteiger partial charge in [-0.3, -0.25) is 0 Å². The topological polar surface area (TPSA) is 44.8 Å². The van der Waals surface area contributed by atoms with Gasteiger partial charge < -0.3 is 14.2 Å². The van der Waals surface area contributed by atoms with E-state index in [1.54, 1.807) is 6.92 Å². The van der Waals surface area contributed by atoms with Gasteiger partial charge in [0.2, 0.25) is 0 Å². The summed E-state index contributed by atoms with van der Waals surface area (Å²) in [5.74, 6) is 0.424. The monoisotopic (exact) mass is 326 g/mol. The minimum Gasteiger partial charge on any atom is -0.491 e. The molecule has 0 fully saturated rings. The number of esters is 1. The molecule has 2 rings (SSSR count). The van der Waals surface area contributed by atoms with E-state index in [-0.39, 0.29) is 6.61 Å². The molecule has 0 spiro atoms. The Labute approximate surface area is 142 Å². The average Bonchev–Trinajstić information content (AvgIpc) is 2.61. The molecule has 0 aliphatic rings. The Morgan fingerprint density at radius 2 is 1.58 bits per heavy atom. The van der Waals surface area contributed by atoms with Crippen molar-refractivity contribution >= 4 is 5.97 Å². The molecular weight excluding hydrogens is 304 g/mol. The SMILES string of the molecule is C=C(C)C(=O)OCCOCCOc1ccccc1-c1ccccc1. The van der Waals surface area contributed by atoms with Crippen LogP contribution < -0.4 is 4.74 Å². The Bertz CT molecular complexity index is 664. The van der Waals surface area contributed by atoms with Gasteiger partial charge in [0.1, 0.15) is 19.0 Å². The summed E-state index contributed by atoms with van der Waals surface area (Å²) in [5, 5.41) is 0. The predicted molar refractivity (Wildman–Crippen MR) is 94.0 cm³/mol. The number of carbonyl (C=O) groups excluding carboxylic acids is 1. The average molecular weight is 326 g/mol. The maximum Gasteiger partial charge on any atom is 0.333 e. The van der Waals surface area contributed by atoms with Crippen LogP contribution in [0.15, 0.2) is 66.7 Å².